The molecule has 0 atom stereocenters. The number of rotatable bonds is 4. The van der Waals surface area contributed by atoms with E-state index in [4.69, 9.17) is 0 Å². The van der Waals surface area contributed by atoms with Gasteiger partial charge < -0.3 is 9.50 Å². The van der Waals surface area contributed by atoms with Gasteiger partial charge in [-0.1, -0.05) is 12.1 Å². The van der Waals surface area contributed by atoms with Crippen molar-refractivity contribution < 1.29 is 30.6 Å². The smallest absolute Gasteiger partial charge is 0.376 e. The molecule has 12 heteroatoms. The Morgan fingerprint density at radius 1 is 1.25 bits per heavy atom. The number of nitrogens with one attached hydrogen (secondary N) is 1. The van der Waals surface area contributed by atoms with E-state index in [1.807, 2.05) is 0 Å². The van der Waals surface area contributed by atoms with Gasteiger partial charge in [-0.15, -0.1) is 0 Å². The summed E-state index contributed by atoms with van der Waals surface area (Å²) in [5.74, 6) is -0.820. The van der Waals surface area contributed by atoms with Crippen LogP contribution in [0.1, 0.15) is 6.92 Å². The Balaban J connectivity index is 2.07. The van der Waals surface area contributed by atoms with E-state index in [0.29, 0.717) is 28.0 Å². The molecule has 1 N–H and O–H groups in total. The van der Waals surface area contributed by atoms with E-state index in [-0.39, 0.29) is 5.91 Å². The Morgan fingerprint density at radius 2 is 1.96 bits per heavy atom. The quantitative estimate of drug-likeness (QED) is 0.520. The van der Waals surface area contributed by atoms with Crippen molar-refractivity contribution >= 4 is 32.7 Å². The summed E-state index contributed by atoms with van der Waals surface area (Å²) in [7, 11) is -4.18. The molecule has 3 aromatic rings. The van der Waals surface area contributed by atoms with E-state index >= 15 is 0 Å². The summed E-state index contributed by atoms with van der Waals surface area (Å²) in [5, 5.41) is 7.36. The Bertz CT molecular complexity index is 1170. The summed E-state index contributed by atoms with van der Waals surface area (Å²) in [6.07, 6.45) is 1.44. The average molecular weight is 414 g/mol. The fourth-order valence-electron chi connectivity index (χ4n) is 2.49. The lowest BCUT2D eigenvalue weighted by Gasteiger charge is -2.10. The van der Waals surface area contributed by atoms with Crippen LogP contribution < -0.4 is 9.50 Å². The molecule has 0 unspecified atom stereocenters. The molecule has 3 rings (SSSR count). The first-order valence-electron chi connectivity index (χ1n) is 7.69. The molecule has 0 radical (unpaired) electrons. The first-order chi connectivity index (χ1) is 13.0. The van der Waals surface area contributed by atoms with Crippen LogP contribution in [0.4, 0.5) is 18.9 Å². The van der Waals surface area contributed by atoms with E-state index in [2.05, 4.69) is 19.6 Å². The SMILES string of the molecule is CC(=O)Nc1cnc2c(c1)c(-c1cccc(OS(=O)(=O)C(F)(F)F)c1)nn2C. The molecule has 148 valence electrons. The number of anilines is 1. The number of amides is 1. The first-order valence-corrected chi connectivity index (χ1v) is 9.10. The van der Waals surface area contributed by atoms with Crippen molar-refractivity contribution in [2.45, 2.75) is 12.4 Å². The summed E-state index contributed by atoms with van der Waals surface area (Å²) < 4.78 is 65.6. The highest BCUT2D eigenvalue weighted by molar-refractivity contribution is 7.88. The van der Waals surface area contributed by atoms with Crippen molar-refractivity contribution in [3.05, 3.63) is 36.5 Å². The molecule has 0 aliphatic carbocycles. The van der Waals surface area contributed by atoms with Crippen molar-refractivity contribution in [2.24, 2.45) is 7.05 Å². The van der Waals surface area contributed by atoms with Gasteiger partial charge in [0.15, 0.2) is 5.65 Å². The van der Waals surface area contributed by atoms with Crippen LogP contribution in [-0.4, -0.2) is 34.6 Å². The fourth-order valence-corrected chi connectivity index (χ4v) is 2.95. The number of aryl methyl sites for hydroxylation is 1. The van der Waals surface area contributed by atoms with Crippen LogP contribution in [0.2, 0.25) is 0 Å². The maximum atomic E-state index is 12.5. The second kappa shape index (κ2) is 6.78. The van der Waals surface area contributed by atoms with Gasteiger partial charge in [-0.05, 0) is 18.2 Å². The third-order valence-corrected chi connectivity index (χ3v) is 4.57. The van der Waals surface area contributed by atoms with Gasteiger partial charge in [0.2, 0.25) is 5.91 Å². The molecule has 2 heterocycles. The van der Waals surface area contributed by atoms with Crippen LogP contribution in [0.15, 0.2) is 36.5 Å². The number of benzene rings is 1. The molecule has 1 amide bonds. The number of hydrogen-bond donors (Lipinski definition) is 1. The number of fused-ring (bicyclic) bond motifs is 1. The normalized spacial score (nSPS) is 12.2. The van der Waals surface area contributed by atoms with E-state index in [9.17, 15) is 26.4 Å². The Labute approximate surface area is 157 Å². The van der Waals surface area contributed by atoms with Gasteiger partial charge >= 0.3 is 15.6 Å². The fraction of sp³-hybridized carbons (Fsp3) is 0.188. The minimum absolute atomic E-state index is 0.306. The van der Waals surface area contributed by atoms with Gasteiger partial charge in [0.05, 0.1) is 11.9 Å². The average Bonchev–Trinajstić information content (AvgIpc) is 2.89. The summed E-state index contributed by atoms with van der Waals surface area (Å²) in [6, 6.07) is 6.67. The van der Waals surface area contributed by atoms with E-state index in [1.165, 1.54) is 29.9 Å². The van der Waals surface area contributed by atoms with Crippen molar-refractivity contribution in [1.82, 2.24) is 14.8 Å². The second-order valence-electron chi connectivity index (χ2n) is 5.76. The lowest BCUT2D eigenvalue weighted by molar-refractivity contribution is -0.114. The molecule has 1 aromatic carbocycles. The summed E-state index contributed by atoms with van der Waals surface area (Å²) >= 11 is 0. The highest BCUT2D eigenvalue weighted by atomic mass is 32.2. The van der Waals surface area contributed by atoms with Gasteiger partial charge in [-0.2, -0.15) is 26.7 Å². The zero-order chi connectivity index (χ0) is 20.7. The number of carbonyl (C=O) groups excluding carboxylic acids is 1. The summed E-state index contributed by atoms with van der Waals surface area (Å²) in [5.41, 5.74) is -4.05. The number of alkyl halides is 3. The first kappa shape index (κ1) is 19.6. The summed E-state index contributed by atoms with van der Waals surface area (Å²) in [4.78, 5) is 15.4. The van der Waals surface area contributed by atoms with E-state index < -0.39 is 21.4 Å². The lowest BCUT2D eigenvalue weighted by Crippen LogP contribution is -2.28. The second-order valence-corrected chi connectivity index (χ2v) is 7.30. The van der Waals surface area contributed by atoms with Gasteiger partial charge in [0, 0.05) is 24.9 Å². The zero-order valence-corrected chi connectivity index (χ0v) is 15.3. The minimum Gasteiger partial charge on any atom is -0.376 e. The lowest BCUT2D eigenvalue weighted by atomic mass is 10.1. The predicted octanol–water partition coefficient (Wildman–Crippen LogP) is 2.82. The molecule has 0 saturated heterocycles. The number of nitrogens with zero attached hydrogens (tertiary/aromatic N) is 3. The van der Waals surface area contributed by atoms with Gasteiger partial charge in [0.1, 0.15) is 11.4 Å². The third kappa shape index (κ3) is 3.76. The van der Waals surface area contributed by atoms with Crippen LogP contribution in [0.25, 0.3) is 22.3 Å². The van der Waals surface area contributed by atoms with E-state index in [0.717, 1.165) is 12.1 Å². The molecule has 0 fully saturated rings. The molecule has 8 nitrogen and oxygen atoms in total. The number of hydrogen-bond acceptors (Lipinski definition) is 6. The van der Waals surface area contributed by atoms with Gasteiger partial charge in [-0.25, -0.2) is 9.67 Å². The Morgan fingerprint density at radius 3 is 2.61 bits per heavy atom. The molecule has 0 spiro atoms. The van der Waals surface area contributed by atoms with Gasteiger partial charge in [0.25, 0.3) is 0 Å². The molecular formula is C16H13F3N4O4S. The van der Waals surface area contributed by atoms with Crippen LogP contribution in [0.5, 0.6) is 5.75 Å². The molecule has 28 heavy (non-hydrogen) atoms. The Hall–Kier alpha value is -3.15. The van der Waals surface area contributed by atoms with Gasteiger partial charge in [-0.3, -0.25) is 4.79 Å². The highest BCUT2D eigenvalue weighted by Gasteiger charge is 2.48. The molecule has 0 bridgehead atoms. The number of carbonyl (C=O) groups is 1. The Kier molecular flexibility index (Phi) is 4.75. The molecule has 0 aliphatic heterocycles. The minimum atomic E-state index is -5.79. The zero-order valence-electron chi connectivity index (χ0n) is 14.5. The number of halogens is 3. The van der Waals surface area contributed by atoms with Crippen LogP contribution in [-0.2, 0) is 22.0 Å². The summed E-state index contributed by atoms with van der Waals surface area (Å²) in [6.45, 7) is 1.33. The molecule has 2 aromatic heterocycles. The largest absolute Gasteiger partial charge is 0.534 e. The maximum absolute atomic E-state index is 12.5. The third-order valence-electron chi connectivity index (χ3n) is 3.60. The van der Waals surface area contributed by atoms with Crippen molar-refractivity contribution in [3.8, 4) is 17.0 Å². The monoisotopic (exact) mass is 414 g/mol. The molecule has 0 saturated carbocycles. The number of aromatic nitrogens is 3. The highest BCUT2D eigenvalue weighted by Crippen LogP contribution is 2.32. The maximum Gasteiger partial charge on any atom is 0.534 e. The topological polar surface area (TPSA) is 103 Å². The molecular weight excluding hydrogens is 401 g/mol. The van der Waals surface area contributed by atoms with Crippen molar-refractivity contribution in [3.63, 3.8) is 0 Å². The van der Waals surface area contributed by atoms with Crippen LogP contribution in [0.3, 0.4) is 0 Å². The van der Waals surface area contributed by atoms with Crippen LogP contribution >= 0.6 is 0 Å². The number of pyridine rings is 1. The van der Waals surface area contributed by atoms with Crippen LogP contribution in [0, 0.1) is 0 Å². The van der Waals surface area contributed by atoms with Crippen molar-refractivity contribution in [1.29, 1.82) is 0 Å². The standard InChI is InChI=1S/C16H13F3N4O4S/c1-9(24)21-11-7-13-14(22-23(2)15(13)20-8-11)10-4-3-5-12(6-10)27-28(25,26)16(17,18)19/h3-8H,1-2H3,(H,21,24). The van der Waals surface area contributed by atoms with Crippen molar-refractivity contribution in [2.75, 3.05) is 5.32 Å². The van der Waals surface area contributed by atoms with E-state index in [1.54, 1.807) is 13.1 Å². The molecule has 0 aliphatic rings. The predicted molar refractivity (Wildman–Crippen MR) is 93.9 cm³/mol.